The summed E-state index contributed by atoms with van der Waals surface area (Å²) in [6.07, 6.45) is -4.92. The average Bonchev–Trinajstić information content (AvgIpc) is 2.56. The highest BCUT2D eigenvalue weighted by Gasteiger charge is 2.44. The molecule has 2 rings (SSSR count). The van der Waals surface area contributed by atoms with E-state index in [1.807, 2.05) is 0 Å². The van der Waals surface area contributed by atoms with Gasteiger partial charge in [0.15, 0.2) is 0 Å². The van der Waals surface area contributed by atoms with Crippen LogP contribution in [0, 0.1) is 0 Å². The molecule has 0 aliphatic rings. The van der Waals surface area contributed by atoms with Crippen molar-refractivity contribution in [2.24, 2.45) is 0 Å². The summed E-state index contributed by atoms with van der Waals surface area (Å²) in [7, 11) is -4.37. The van der Waals surface area contributed by atoms with Crippen LogP contribution in [-0.2, 0) is 10.0 Å². The van der Waals surface area contributed by atoms with Crippen LogP contribution in [0.25, 0.3) is 0 Å². The van der Waals surface area contributed by atoms with Gasteiger partial charge in [-0.3, -0.25) is 0 Å². The molecule has 9 heteroatoms. The number of hydrogen-bond acceptors (Lipinski definition) is 3. The lowest BCUT2D eigenvalue weighted by atomic mass is 10.3. The fourth-order valence-electron chi connectivity index (χ4n) is 1.89. The SMILES string of the molecule is CCOc1ccc(NC(=[NH+]S(=O)(=O)c2ccccc2)C(F)(F)F)cc1. The van der Waals surface area contributed by atoms with Gasteiger partial charge in [0.1, 0.15) is 16.3 Å². The van der Waals surface area contributed by atoms with E-state index >= 15 is 0 Å². The summed E-state index contributed by atoms with van der Waals surface area (Å²) in [4.78, 5) is -0.273. The van der Waals surface area contributed by atoms with Gasteiger partial charge in [-0.05, 0) is 43.3 Å². The number of rotatable bonds is 5. The summed E-state index contributed by atoms with van der Waals surface area (Å²) in [5, 5.41) is 2.06. The lowest BCUT2D eigenvalue weighted by molar-refractivity contribution is -0.289. The van der Waals surface area contributed by atoms with Crippen LogP contribution in [0.4, 0.5) is 18.9 Å². The van der Waals surface area contributed by atoms with Gasteiger partial charge in [-0.15, -0.1) is 0 Å². The maximum Gasteiger partial charge on any atom is 0.495 e. The Bertz CT molecular complexity index is 833. The van der Waals surface area contributed by atoms with Crippen LogP contribution in [-0.4, -0.2) is 27.0 Å². The second-order valence-electron chi connectivity index (χ2n) is 4.87. The normalized spacial score (nSPS) is 12.7. The van der Waals surface area contributed by atoms with Gasteiger partial charge in [-0.2, -0.15) is 26.0 Å². The van der Waals surface area contributed by atoms with Crippen molar-refractivity contribution in [2.45, 2.75) is 18.0 Å². The Morgan fingerprint density at radius 1 is 1.08 bits per heavy atom. The van der Waals surface area contributed by atoms with Crippen molar-refractivity contribution in [2.75, 3.05) is 11.9 Å². The van der Waals surface area contributed by atoms with E-state index < -0.39 is 22.0 Å². The van der Waals surface area contributed by atoms with Gasteiger partial charge >= 0.3 is 22.0 Å². The molecule has 0 fully saturated rings. The van der Waals surface area contributed by atoms with Gasteiger partial charge < -0.3 is 4.74 Å². The molecule has 25 heavy (non-hydrogen) atoms. The van der Waals surface area contributed by atoms with Crippen molar-refractivity contribution >= 4 is 21.5 Å². The lowest BCUT2D eigenvalue weighted by Gasteiger charge is -2.08. The molecular formula is C16H16F3N2O3S+. The molecule has 0 saturated carbocycles. The minimum absolute atomic E-state index is 0.0616. The molecule has 2 N–H and O–H groups in total. The maximum absolute atomic E-state index is 13.2. The van der Waals surface area contributed by atoms with Gasteiger partial charge in [0.05, 0.1) is 6.61 Å². The third-order valence-electron chi connectivity index (χ3n) is 3.01. The van der Waals surface area contributed by atoms with Crippen molar-refractivity contribution in [1.82, 2.24) is 0 Å². The summed E-state index contributed by atoms with van der Waals surface area (Å²) in [6.45, 7) is 2.20. The zero-order valence-electron chi connectivity index (χ0n) is 13.2. The van der Waals surface area contributed by atoms with Crippen LogP contribution in [0.1, 0.15) is 6.92 Å². The van der Waals surface area contributed by atoms with E-state index in [4.69, 9.17) is 4.74 Å². The van der Waals surface area contributed by atoms with Gasteiger partial charge in [-0.1, -0.05) is 18.2 Å². The molecule has 0 unspecified atom stereocenters. The Balaban J connectivity index is 2.34. The standard InChI is InChI=1S/C16H15F3N2O3S/c1-2-24-13-10-8-12(9-11-13)20-15(16(17,18)19)21-25(22,23)14-6-4-3-5-7-14/h3-11H,2H2,1H3,(H,20,21)/p+1. The van der Waals surface area contributed by atoms with Crippen molar-refractivity contribution in [3.05, 3.63) is 54.6 Å². The van der Waals surface area contributed by atoms with Crippen molar-refractivity contribution < 1.29 is 30.7 Å². The van der Waals surface area contributed by atoms with Crippen LogP contribution >= 0.6 is 0 Å². The number of benzene rings is 2. The predicted octanol–water partition coefficient (Wildman–Crippen LogP) is 1.93. The van der Waals surface area contributed by atoms with Crippen LogP contribution in [0.15, 0.2) is 59.5 Å². The largest absolute Gasteiger partial charge is 0.495 e. The molecule has 0 aliphatic heterocycles. The number of amidine groups is 1. The van der Waals surface area contributed by atoms with Gasteiger partial charge in [-0.25, -0.2) is 5.32 Å². The van der Waals surface area contributed by atoms with Crippen molar-refractivity contribution in [3.63, 3.8) is 0 Å². The highest BCUT2D eigenvalue weighted by molar-refractivity contribution is 7.84. The molecule has 0 aliphatic carbocycles. The molecule has 0 saturated heterocycles. The molecule has 0 amide bonds. The zero-order valence-corrected chi connectivity index (χ0v) is 14.0. The molecule has 0 bridgehead atoms. The number of nitrogens with one attached hydrogen (secondary N) is 2. The second kappa shape index (κ2) is 7.56. The summed E-state index contributed by atoms with van der Waals surface area (Å²) in [5.41, 5.74) is 0.0616. The van der Waals surface area contributed by atoms with Gasteiger partial charge in [0, 0.05) is 0 Å². The first-order valence-corrected chi connectivity index (χ1v) is 8.72. The molecular weight excluding hydrogens is 357 g/mol. The Morgan fingerprint density at radius 3 is 2.20 bits per heavy atom. The van der Waals surface area contributed by atoms with Crippen molar-refractivity contribution in [1.29, 1.82) is 0 Å². The molecule has 2 aromatic rings. The Labute approximate surface area is 143 Å². The number of halogens is 3. The summed E-state index contributed by atoms with van der Waals surface area (Å²) >= 11 is 0. The molecule has 2 aromatic carbocycles. The number of anilines is 1. The van der Waals surface area contributed by atoms with E-state index in [9.17, 15) is 21.6 Å². The quantitative estimate of drug-likeness (QED) is 0.621. The fourth-order valence-corrected chi connectivity index (χ4v) is 2.96. The number of sulfonamides is 1. The van der Waals surface area contributed by atoms with E-state index in [1.54, 1.807) is 17.4 Å². The molecule has 134 valence electrons. The smallest absolute Gasteiger partial charge is 0.494 e. The Kier molecular flexibility index (Phi) is 5.68. The Hall–Kier alpha value is -2.55. The Morgan fingerprint density at radius 2 is 1.68 bits per heavy atom. The van der Waals surface area contributed by atoms with E-state index in [2.05, 4.69) is 5.32 Å². The first-order chi connectivity index (χ1) is 11.7. The third kappa shape index (κ3) is 5.21. The highest BCUT2D eigenvalue weighted by Crippen LogP contribution is 2.20. The summed E-state index contributed by atoms with van der Waals surface area (Å²) in [5.74, 6) is -1.01. The van der Waals surface area contributed by atoms with Crippen LogP contribution in [0.5, 0.6) is 5.75 Å². The summed E-state index contributed by atoms with van der Waals surface area (Å²) in [6, 6.07) is 12.5. The first-order valence-electron chi connectivity index (χ1n) is 7.24. The fraction of sp³-hybridized carbons (Fsp3) is 0.188. The second-order valence-corrected chi connectivity index (χ2v) is 6.56. The van der Waals surface area contributed by atoms with Crippen molar-refractivity contribution in [3.8, 4) is 5.75 Å². The van der Waals surface area contributed by atoms with Gasteiger partial charge in [0.25, 0.3) is 0 Å². The monoisotopic (exact) mass is 373 g/mol. The third-order valence-corrected chi connectivity index (χ3v) is 4.37. The molecule has 0 aromatic heterocycles. The van der Waals surface area contributed by atoms with E-state index in [0.29, 0.717) is 12.4 Å². The number of alkyl halides is 3. The van der Waals surface area contributed by atoms with E-state index in [-0.39, 0.29) is 10.6 Å². The van der Waals surface area contributed by atoms with Crippen LogP contribution in [0.3, 0.4) is 0 Å². The van der Waals surface area contributed by atoms with Crippen LogP contribution in [0.2, 0.25) is 0 Å². The average molecular weight is 373 g/mol. The first kappa shape index (κ1) is 18.8. The number of hydrogen-bond donors (Lipinski definition) is 2. The van der Waals surface area contributed by atoms with Gasteiger partial charge in [0.2, 0.25) is 0 Å². The molecule has 0 spiro atoms. The highest BCUT2D eigenvalue weighted by atomic mass is 32.2. The lowest BCUT2D eigenvalue weighted by Crippen LogP contribution is -2.80. The predicted molar refractivity (Wildman–Crippen MR) is 86.9 cm³/mol. The topological polar surface area (TPSA) is 69.4 Å². The minimum atomic E-state index is -4.92. The van der Waals surface area contributed by atoms with E-state index in [0.717, 1.165) is 0 Å². The molecule has 0 radical (unpaired) electrons. The van der Waals surface area contributed by atoms with E-state index in [1.165, 1.54) is 48.5 Å². The molecule has 0 atom stereocenters. The maximum atomic E-state index is 13.2. The molecule has 5 nitrogen and oxygen atoms in total. The van der Waals surface area contributed by atoms with Crippen LogP contribution < -0.4 is 14.5 Å². The number of ether oxygens (including phenoxy) is 1. The zero-order chi connectivity index (χ0) is 18.5. The molecule has 0 heterocycles. The minimum Gasteiger partial charge on any atom is -0.494 e. The summed E-state index contributed by atoms with van der Waals surface area (Å²) < 4.78 is 70.6.